The van der Waals surface area contributed by atoms with Crippen LogP contribution in [0.5, 0.6) is 0 Å². The lowest BCUT2D eigenvalue weighted by molar-refractivity contribution is -0.133. The summed E-state index contributed by atoms with van der Waals surface area (Å²) in [5.74, 6) is 0.251. The largest absolute Gasteiger partial charge is 0.384 e. The van der Waals surface area contributed by atoms with Crippen LogP contribution in [0.3, 0.4) is 0 Å². The lowest BCUT2D eigenvalue weighted by Gasteiger charge is -2.38. The second kappa shape index (κ2) is 6.44. The maximum atomic E-state index is 12.8. The van der Waals surface area contributed by atoms with Crippen LogP contribution in [0.2, 0.25) is 0 Å². The van der Waals surface area contributed by atoms with Crippen molar-refractivity contribution in [1.82, 2.24) is 10.2 Å². The minimum Gasteiger partial charge on any atom is -0.384 e. The van der Waals surface area contributed by atoms with Crippen molar-refractivity contribution in [1.29, 1.82) is 0 Å². The van der Waals surface area contributed by atoms with Crippen LogP contribution in [0.4, 0.5) is 0 Å². The summed E-state index contributed by atoms with van der Waals surface area (Å²) in [7, 11) is 1.71. The number of hydrogen-bond donors (Lipinski definition) is 1. The van der Waals surface area contributed by atoms with Crippen molar-refractivity contribution in [2.45, 2.75) is 57.9 Å². The second-order valence-corrected chi connectivity index (χ2v) is 7.21. The van der Waals surface area contributed by atoms with Crippen LogP contribution >= 0.6 is 0 Å². The molecule has 116 valence electrons. The Labute approximate surface area is 123 Å². The van der Waals surface area contributed by atoms with Crippen molar-refractivity contribution >= 4 is 5.91 Å². The Balaban J connectivity index is 1.97. The third kappa shape index (κ3) is 3.34. The molecule has 4 nitrogen and oxygen atoms in total. The molecule has 2 fully saturated rings. The highest BCUT2D eigenvalue weighted by atomic mass is 16.5. The molecule has 0 unspecified atom stereocenters. The summed E-state index contributed by atoms with van der Waals surface area (Å²) in [6.45, 7) is 7.81. The second-order valence-electron chi connectivity index (χ2n) is 7.21. The van der Waals surface area contributed by atoms with E-state index >= 15 is 0 Å². The fraction of sp³-hybridized carbons (Fsp3) is 0.938. The predicted octanol–water partition coefficient (Wildman–Crippen LogP) is 2.18. The molecule has 2 aliphatic rings. The van der Waals surface area contributed by atoms with Crippen molar-refractivity contribution in [2.24, 2.45) is 5.41 Å². The zero-order valence-electron chi connectivity index (χ0n) is 13.3. The first-order valence-corrected chi connectivity index (χ1v) is 8.02. The van der Waals surface area contributed by atoms with Crippen LogP contribution in [-0.4, -0.2) is 49.7 Å². The van der Waals surface area contributed by atoms with Gasteiger partial charge in [0.25, 0.3) is 0 Å². The average molecular weight is 282 g/mol. The van der Waals surface area contributed by atoms with Crippen LogP contribution in [0.25, 0.3) is 0 Å². The van der Waals surface area contributed by atoms with Crippen LogP contribution < -0.4 is 5.32 Å². The number of rotatable bonds is 6. The molecule has 0 aromatic rings. The third-order valence-corrected chi connectivity index (χ3v) is 4.83. The van der Waals surface area contributed by atoms with E-state index in [0.717, 1.165) is 25.9 Å². The molecule has 1 amide bonds. The van der Waals surface area contributed by atoms with Gasteiger partial charge in [-0.2, -0.15) is 0 Å². The van der Waals surface area contributed by atoms with Gasteiger partial charge in [0.2, 0.25) is 5.91 Å². The van der Waals surface area contributed by atoms with Crippen LogP contribution in [0.15, 0.2) is 0 Å². The molecule has 1 aliphatic carbocycles. The molecule has 1 saturated heterocycles. The van der Waals surface area contributed by atoms with Gasteiger partial charge >= 0.3 is 0 Å². The minimum atomic E-state index is -0.209. The topological polar surface area (TPSA) is 41.6 Å². The molecular formula is C16H30N2O2. The van der Waals surface area contributed by atoms with Gasteiger partial charge in [-0.3, -0.25) is 9.69 Å². The first kappa shape index (κ1) is 15.8. The van der Waals surface area contributed by atoms with E-state index in [2.05, 4.69) is 24.1 Å². The van der Waals surface area contributed by atoms with Gasteiger partial charge in [-0.1, -0.05) is 26.7 Å². The van der Waals surface area contributed by atoms with Gasteiger partial charge in [0.15, 0.2) is 0 Å². The highest BCUT2D eigenvalue weighted by molar-refractivity contribution is 5.86. The zero-order valence-corrected chi connectivity index (χ0v) is 13.3. The Morgan fingerprint density at radius 2 is 1.80 bits per heavy atom. The summed E-state index contributed by atoms with van der Waals surface area (Å²) in [6, 6.07) is 0. The van der Waals surface area contributed by atoms with Crippen LogP contribution in [-0.2, 0) is 9.53 Å². The number of hydrogen-bond acceptors (Lipinski definition) is 3. The van der Waals surface area contributed by atoms with Gasteiger partial charge in [0, 0.05) is 19.1 Å². The molecule has 0 radical (unpaired) electrons. The standard InChI is InChI=1S/C16H30N2O2/c1-15(2,13-20-3)12-17-14(19)16(8-4-5-9-16)18-10-6-7-11-18/h4-13H2,1-3H3,(H,17,19). The SMILES string of the molecule is COCC(C)(C)CNC(=O)C1(N2CCCC2)CCCC1. The van der Waals surface area contributed by atoms with E-state index in [9.17, 15) is 4.79 Å². The van der Waals surface area contributed by atoms with Crippen molar-refractivity contribution in [3.05, 3.63) is 0 Å². The summed E-state index contributed by atoms with van der Waals surface area (Å²) >= 11 is 0. The van der Waals surface area contributed by atoms with Crippen molar-refractivity contribution in [2.75, 3.05) is 33.4 Å². The monoisotopic (exact) mass is 282 g/mol. The molecule has 2 rings (SSSR count). The zero-order chi connectivity index (χ0) is 14.6. The number of nitrogens with one attached hydrogen (secondary N) is 1. The van der Waals surface area contributed by atoms with E-state index < -0.39 is 0 Å². The number of nitrogens with zero attached hydrogens (tertiary/aromatic N) is 1. The van der Waals surface area contributed by atoms with Gasteiger partial charge < -0.3 is 10.1 Å². The van der Waals surface area contributed by atoms with Crippen LogP contribution in [0, 0.1) is 5.41 Å². The summed E-state index contributed by atoms with van der Waals surface area (Å²) in [6.07, 6.45) is 6.91. The first-order chi connectivity index (χ1) is 9.50. The van der Waals surface area contributed by atoms with Crippen LogP contribution in [0.1, 0.15) is 52.4 Å². The fourth-order valence-corrected chi connectivity index (χ4v) is 3.72. The number of amides is 1. The first-order valence-electron chi connectivity index (χ1n) is 8.02. The van der Waals surface area contributed by atoms with Gasteiger partial charge in [-0.25, -0.2) is 0 Å². The Kier molecular flexibility index (Phi) is 5.08. The number of ether oxygens (including phenoxy) is 1. The summed E-state index contributed by atoms with van der Waals surface area (Å²) in [5.41, 5.74) is -0.213. The molecule has 0 aromatic carbocycles. The highest BCUT2D eigenvalue weighted by Crippen LogP contribution is 2.37. The van der Waals surface area contributed by atoms with E-state index in [0.29, 0.717) is 13.2 Å². The van der Waals surface area contributed by atoms with E-state index in [-0.39, 0.29) is 16.9 Å². The maximum Gasteiger partial charge on any atom is 0.240 e. The van der Waals surface area contributed by atoms with Gasteiger partial charge in [0.1, 0.15) is 5.54 Å². The lowest BCUT2D eigenvalue weighted by Crippen LogP contribution is -2.57. The Morgan fingerprint density at radius 3 is 2.35 bits per heavy atom. The van der Waals surface area contributed by atoms with Gasteiger partial charge in [-0.05, 0) is 38.8 Å². The molecule has 0 atom stereocenters. The molecule has 1 N–H and O–H groups in total. The molecule has 0 aromatic heterocycles. The number of likely N-dealkylation sites (tertiary alicyclic amines) is 1. The van der Waals surface area contributed by atoms with E-state index in [4.69, 9.17) is 4.74 Å². The van der Waals surface area contributed by atoms with E-state index in [1.807, 2.05) is 0 Å². The van der Waals surface area contributed by atoms with Gasteiger partial charge in [-0.15, -0.1) is 0 Å². The van der Waals surface area contributed by atoms with E-state index in [1.165, 1.54) is 25.7 Å². The minimum absolute atomic E-state index is 0.00475. The lowest BCUT2D eigenvalue weighted by atomic mass is 9.91. The molecule has 0 bridgehead atoms. The maximum absolute atomic E-state index is 12.8. The van der Waals surface area contributed by atoms with Crippen molar-refractivity contribution in [3.8, 4) is 0 Å². The molecule has 1 heterocycles. The number of methoxy groups -OCH3 is 1. The Bertz CT molecular complexity index is 329. The van der Waals surface area contributed by atoms with Crippen molar-refractivity contribution < 1.29 is 9.53 Å². The number of carbonyl (C=O) groups is 1. The van der Waals surface area contributed by atoms with Crippen molar-refractivity contribution in [3.63, 3.8) is 0 Å². The van der Waals surface area contributed by atoms with E-state index in [1.54, 1.807) is 7.11 Å². The summed E-state index contributed by atoms with van der Waals surface area (Å²) in [4.78, 5) is 15.3. The smallest absolute Gasteiger partial charge is 0.240 e. The normalized spacial score (nSPS) is 23.1. The molecule has 0 spiro atoms. The molecule has 1 aliphatic heterocycles. The summed E-state index contributed by atoms with van der Waals surface area (Å²) in [5, 5.41) is 3.21. The Morgan fingerprint density at radius 1 is 1.20 bits per heavy atom. The number of carbonyl (C=O) groups excluding carboxylic acids is 1. The molecule has 1 saturated carbocycles. The molecular weight excluding hydrogens is 252 g/mol. The quantitative estimate of drug-likeness (QED) is 0.812. The highest BCUT2D eigenvalue weighted by Gasteiger charge is 2.46. The fourth-order valence-electron chi connectivity index (χ4n) is 3.72. The summed E-state index contributed by atoms with van der Waals surface area (Å²) < 4.78 is 5.23. The predicted molar refractivity (Wildman–Crippen MR) is 80.7 cm³/mol. The van der Waals surface area contributed by atoms with Gasteiger partial charge in [0.05, 0.1) is 6.61 Å². The Hall–Kier alpha value is -0.610. The third-order valence-electron chi connectivity index (χ3n) is 4.83. The molecule has 4 heteroatoms. The average Bonchev–Trinajstić information content (AvgIpc) is 3.06. The molecule has 20 heavy (non-hydrogen) atoms.